The summed E-state index contributed by atoms with van der Waals surface area (Å²) in [6.07, 6.45) is 0. The van der Waals surface area contributed by atoms with Crippen molar-refractivity contribution in [2.75, 3.05) is 0 Å². The molecule has 0 radical (unpaired) electrons. The fraction of sp³-hybridized carbons (Fsp3) is 0. The number of hydrogen-bond donors (Lipinski definition) is 0. The van der Waals surface area contributed by atoms with Gasteiger partial charge in [0.1, 0.15) is 0 Å². The Bertz CT molecular complexity index is 1750. The van der Waals surface area contributed by atoms with Gasteiger partial charge in [0.25, 0.3) is 0 Å². The third kappa shape index (κ3) is 6.07. The number of benzene rings is 4. The molecule has 0 saturated carbocycles. The zero-order valence-electron chi connectivity index (χ0n) is 18.8. The molecule has 176 valence electrons. The zero-order chi connectivity index (χ0) is 22.4. The average molecular weight is 732 g/mol. The SMILES string of the molecule is Brc1cc2[cH-]c3cc2c(c1)sc1cccc3c1.Brc1ccc2cc(-c3ccccc3)[cH-]c2c1.[Cl-].[Cl-].[Zr+4]. The molecule has 0 atom stereocenters. The van der Waals surface area contributed by atoms with Crippen LogP contribution in [0.1, 0.15) is 0 Å². The van der Waals surface area contributed by atoms with Crippen LogP contribution in [0.4, 0.5) is 0 Å². The summed E-state index contributed by atoms with van der Waals surface area (Å²) in [5, 5.41) is 7.89. The van der Waals surface area contributed by atoms with Crippen molar-refractivity contribution in [2.45, 2.75) is 0 Å². The first-order valence-corrected chi connectivity index (χ1v) is 13.1. The molecule has 1 heterocycles. The van der Waals surface area contributed by atoms with Crippen LogP contribution < -0.4 is 24.8 Å². The Kier molecular flexibility index (Phi) is 10.2. The molecule has 36 heavy (non-hydrogen) atoms. The van der Waals surface area contributed by atoms with Gasteiger partial charge in [-0.05, 0) is 25.8 Å². The second-order valence-corrected chi connectivity index (χ2v) is 11.1. The van der Waals surface area contributed by atoms with Crippen molar-refractivity contribution in [3.05, 3.63) is 118 Å². The Balaban J connectivity index is 0.000000185. The largest absolute Gasteiger partial charge is 4.00 e. The van der Waals surface area contributed by atoms with Gasteiger partial charge in [0.2, 0.25) is 0 Å². The molecule has 6 heteroatoms. The minimum Gasteiger partial charge on any atom is -1.00 e. The number of rotatable bonds is 1. The molecule has 0 saturated heterocycles. The van der Waals surface area contributed by atoms with Gasteiger partial charge < -0.3 is 24.8 Å². The van der Waals surface area contributed by atoms with Gasteiger partial charge in [0.15, 0.2) is 0 Å². The van der Waals surface area contributed by atoms with E-state index in [-0.39, 0.29) is 51.0 Å². The van der Waals surface area contributed by atoms with Gasteiger partial charge in [0.05, 0.1) is 0 Å². The van der Waals surface area contributed by atoms with E-state index in [2.05, 4.69) is 135 Å². The van der Waals surface area contributed by atoms with E-state index < -0.39 is 0 Å². The number of fused-ring (bicyclic) bond motifs is 5. The summed E-state index contributed by atoms with van der Waals surface area (Å²) < 4.78 is 4.93. The molecule has 0 aliphatic carbocycles. The second-order valence-electron chi connectivity index (χ2n) is 8.16. The van der Waals surface area contributed by atoms with Crippen LogP contribution >= 0.6 is 43.2 Å². The Labute approximate surface area is 262 Å². The summed E-state index contributed by atoms with van der Waals surface area (Å²) in [7, 11) is 0. The van der Waals surface area contributed by atoms with E-state index >= 15 is 0 Å². The molecule has 6 aromatic carbocycles. The molecule has 7 aromatic rings. The van der Waals surface area contributed by atoms with Crippen molar-refractivity contribution < 1.29 is 51.0 Å². The van der Waals surface area contributed by atoms with Gasteiger partial charge in [-0.15, -0.1) is 74.8 Å². The van der Waals surface area contributed by atoms with Crippen LogP contribution in [0.5, 0.6) is 0 Å². The number of hydrogen-bond acceptors (Lipinski definition) is 1. The van der Waals surface area contributed by atoms with Gasteiger partial charge >= 0.3 is 26.2 Å². The normalized spacial score (nSPS) is 10.4. The molecule has 0 fully saturated rings. The molecule has 0 nitrogen and oxygen atoms in total. The first kappa shape index (κ1) is 29.3. The van der Waals surface area contributed by atoms with Crippen molar-refractivity contribution in [2.24, 2.45) is 0 Å². The molecule has 0 amide bonds. The Morgan fingerprint density at radius 2 is 1.31 bits per heavy atom. The van der Waals surface area contributed by atoms with E-state index in [9.17, 15) is 0 Å². The summed E-state index contributed by atoms with van der Waals surface area (Å²) >= 11 is 8.93. The summed E-state index contributed by atoms with van der Waals surface area (Å²) in [5.74, 6) is 0. The Hall–Kier alpha value is -1.26. The Morgan fingerprint density at radius 3 is 2.11 bits per heavy atom. The third-order valence-electron chi connectivity index (χ3n) is 5.92. The van der Waals surface area contributed by atoms with E-state index in [1.54, 1.807) is 0 Å². The summed E-state index contributed by atoms with van der Waals surface area (Å²) in [6, 6.07) is 39.0. The molecule has 0 unspecified atom stereocenters. The molecule has 0 spiro atoms. The minimum atomic E-state index is 0. The molecular formula is C30H18Br2Cl2SZr. The van der Waals surface area contributed by atoms with Crippen LogP contribution in [0.25, 0.3) is 52.8 Å². The van der Waals surface area contributed by atoms with E-state index in [4.69, 9.17) is 0 Å². The first-order chi connectivity index (χ1) is 16.1. The van der Waals surface area contributed by atoms with E-state index in [0.717, 1.165) is 8.95 Å². The van der Waals surface area contributed by atoms with Gasteiger partial charge in [0, 0.05) is 4.70 Å². The van der Waals surface area contributed by atoms with Crippen molar-refractivity contribution in [1.82, 2.24) is 0 Å². The van der Waals surface area contributed by atoms with Gasteiger partial charge in [-0.25, -0.2) is 0 Å². The predicted molar refractivity (Wildman–Crippen MR) is 153 cm³/mol. The van der Waals surface area contributed by atoms with Crippen molar-refractivity contribution in [3.8, 4) is 11.1 Å². The van der Waals surface area contributed by atoms with Gasteiger partial charge in [-0.3, -0.25) is 0 Å². The maximum absolute atomic E-state index is 3.59. The molecule has 1 aromatic heterocycles. The third-order valence-corrected chi connectivity index (χ3v) is 7.92. The maximum atomic E-state index is 3.59. The summed E-state index contributed by atoms with van der Waals surface area (Å²) in [4.78, 5) is 0. The van der Waals surface area contributed by atoms with Gasteiger partial charge in [-0.2, -0.15) is 0 Å². The number of halogens is 4. The van der Waals surface area contributed by atoms with E-state index in [0.29, 0.717) is 0 Å². The minimum absolute atomic E-state index is 0. The summed E-state index contributed by atoms with van der Waals surface area (Å²) in [6.45, 7) is 0. The van der Waals surface area contributed by atoms with Crippen LogP contribution in [0.3, 0.4) is 0 Å². The fourth-order valence-corrected chi connectivity index (χ4v) is 6.41. The fourth-order valence-electron chi connectivity index (χ4n) is 4.35. The van der Waals surface area contributed by atoms with Crippen LogP contribution in [0.2, 0.25) is 0 Å². The maximum Gasteiger partial charge on any atom is 4.00 e. The van der Waals surface area contributed by atoms with Crippen LogP contribution in [0, 0.1) is 0 Å². The van der Waals surface area contributed by atoms with Gasteiger partial charge in [-0.1, -0.05) is 109 Å². The molecule has 7 rings (SSSR count). The van der Waals surface area contributed by atoms with E-state index in [1.807, 2.05) is 17.4 Å². The van der Waals surface area contributed by atoms with Crippen molar-refractivity contribution in [1.29, 1.82) is 0 Å². The predicted octanol–water partition coefficient (Wildman–Crippen LogP) is 4.68. The quantitative estimate of drug-likeness (QED) is 0.215. The van der Waals surface area contributed by atoms with Crippen molar-refractivity contribution in [3.63, 3.8) is 0 Å². The zero-order valence-corrected chi connectivity index (χ0v) is 26.8. The molecule has 4 bridgehead atoms. The topological polar surface area (TPSA) is 0 Å². The smallest absolute Gasteiger partial charge is 1.00 e. The standard InChI is InChI=1S/C15H8BrS.C15H10Br.2ClH.Zr/c16-12-5-11-4-10-7-14(11)15(8-12)17-13-3-1-2-9(10)6-13;16-15-7-6-12-8-13(9-14(12)10-15)11-4-2-1-3-5-11;;;/h1-8H;1-10H;2*1H;/q2*-1;;;+4/p-2. The van der Waals surface area contributed by atoms with Crippen LogP contribution in [-0.4, -0.2) is 0 Å². The molecular weight excluding hydrogens is 714 g/mol. The van der Waals surface area contributed by atoms with E-state index in [1.165, 1.54) is 52.8 Å². The summed E-state index contributed by atoms with van der Waals surface area (Å²) in [5.41, 5.74) is 2.56. The molecule has 0 aliphatic heterocycles. The molecule has 0 aliphatic rings. The monoisotopic (exact) mass is 728 g/mol. The van der Waals surface area contributed by atoms with Crippen LogP contribution in [0.15, 0.2) is 118 Å². The first-order valence-electron chi connectivity index (χ1n) is 10.7. The average Bonchev–Trinajstić information content (AvgIpc) is 3.44. The van der Waals surface area contributed by atoms with Crippen molar-refractivity contribution >= 4 is 84.9 Å². The van der Waals surface area contributed by atoms with Crippen LogP contribution in [-0.2, 0) is 26.2 Å². The molecule has 0 N–H and O–H groups in total. The second kappa shape index (κ2) is 12.5. The Morgan fingerprint density at radius 1 is 0.583 bits per heavy atom.